The molecule has 1 aliphatic rings. The van der Waals surface area contributed by atoms with Crippen molar-refractivity contribution in [1.82, 2.24) is 0 Å². The Morgan fingerprint density at radius 1 is 0.826 bits per heavy atom. The minimum Gasteiger partial charge on any atom is -0.268 e. The summed E-state index contributed by atoms with van der Waals surface area (Å²) in [6.07, 6.45) is 0. The SMILES string of the molecule is O=C1c2ccccc2C(=O)N1c1ccccc1[S@](=O)C(F)(F)F. The summed E-state index contributed by atoms with van der Waals surface area (Å²) in [5.41, 5.74) is -5.11. The summed E-state index contributed by atoms with van der Waals surface area (Å²) in [5.74, 6) is -1.48. The molecule has 4 nitrogen and oxygen atoms in total. The van der Waals surface area contributed by atoms with E-state index in [4.69, 9.17) is 0 Å². The highest BCUT2D eigenvalue weighted by molar-refractivity contribution is 7.86. The van der Waals surface area contributed by atoms with E-state index in [-0.39, 0.29) is 16.8 Å². The molecular weight excluding hydrogens is 331 g/mol. The molecule has 1 aliphatic heterocycles. The quantitative estimate of drug-likeness (QED) is 0.790. The van der Waals surface area contributed by atoms with E-state index < -0.39 is 33.0 Å². The molecule has 0 aromatic heterocycles. The van der Waals surface area contributed by atoms with Gasteiger partial charge in [-0.3, -0.25) is 9.59 Å². The first kappa shape index (κ1) is 15.4. The molecule has 1 atom stereocenters. The van der Waals surface area contributed by atoms with Gasteiger partial charge in [0.1, 0.15) is 0 Å². The number of halogens is 3. The average Bonchev–Trinajstić information content (AvgIpc) is 2.78. The average molecular weight is 339 g/mol. The molecular formula is C15H8F3NO3S. The van der Waals surface area contributed by atoms with E-state index in [1.54, 1.807) is 12.1 Å². The minimum atomic E-state index is -4.99. The van der Waals surface area contributed by atoms with Crippen LogP contribution in [0.4, 0.5) is 18.9 Å². The number of alkyl halides is 3. The second-order valence-corrected chi connectivity index (χ2v) is 6.11. The van der Waals surface area contributed by atoms with Crippen molar-refractivity contribution < 1.29 is 27.0 Å². The molecule has 0 saturated carbocycles. The fraction of sp³-hybridized carbons (Fsp3) is 0.0667. The van der Waals surface area contributed by atoms with Gasteiger partial charge in [-0.1, -0.05) is 24.3 Å². The van der Waals surface area contributed by atoms with Gasteiger partial charge >= 0.3 is 5.51 Å². The van der Waals surface area contributed by atoms with Crippen molar-refractivity contribution in [1.29, 1.82) is 0 Å². The van der Waals surface area contributed by atoms with Crippen LogP contribution in [0, 0.1) is 0 Å². The number of fused-ring (bicyclic) bond motifs is 1. The molecule has 8 heteroatoms. The highest BCUT2D eigenvalue weighted by Gasteiger charge is 2.43. The van der Waals surface area contributed by atoms with Crippen molar-refractivity contribution in [2.45, 2.75) is 10.4 Å². The van der Waals surface area contributed by atoms with Gasteiger partial charge in [0.15, 0.2) is 10.8 Å². The Balaban J connectivity index is 2.14. The zero-order valence-electron chi connectivity index (χ0n) is 11.3. The van der Waals surface area contributed by atoms with Crippen LogP contribution < -0.4 is 4.90 Å². The van der Waals surface area contributed by atoms with Gasteiger partial charge < -0.3 is 0 Å². The van der Waals surface area contributed by atoms with Crippen LogP contribution in [-0.2, 0) is 10.8 Å². The number of para-hydroxylation sites is 1. The van der Waals surface area contributed by atoms with Gasteiger partial charge in [0.25, 0.3) is 11.8 Å². The summed E-state index contributed by atoms with van der Waals surface area (Å²) < 4.78 is 50.0. The first-order valence-electron chi connectivity index (χ1n) is 6.38. The van der Waals surface area contributed by atoms with E-state index in [1.165, 1.54) is 30.3 Å². The third kappa shape index (κ3) is 2.44. The van der Waals surface area contributed by atoms with Crippen molar-refractivity contribution in [3.8, 4) is 0 Å². The number of nitrogens with zero attached hydrogens (tertiary/aromatic N) is 1. The molecule has 118 valence electrons. The van der Waals surface area contributed by atoms with E-state index in [1.807, 2.05) is 0 Å². The highest BCUT2D eigenvalue weighted by atomic mass is 32.2. The van der Waals surface area contributed by atoms with Crippen LogP contribution in [0.5, 0.6) is 0 Å². The van der Waals surface area contributed by atoms with E-state index >= 15 is 0 Å². The Labute approximate surface area is 131 Å². The van der Waals surface area contributed by atoms with Crippen LogP contribution in [0.15, 0.2) is 53.4 Å². The molecule has 0 radical (unpaired) electrons. The Morgan fingerprint density at radius 2 is 1.30 bits per heavy atom. The Morgan fingerprint density at radius 3 is 1.83 bits per heavy atom. The number of carbonyl (C=O) groups is 2. The largest absolute Gasteiger partial charge is 0.475 e. The van der Waals surface area contributed by atoms with Gasteiger partial charge in [0.05, 0.1) is 21.7 Å². The molecule has 0 spiro atoms. The number of amides is 2. The zero-order valence-corrected chi connectivity index (χ0v) is 12.1. The van der Waals surface area contributed by atoms with Crippen molar-refractivity contribution in [2.24, 2.45) is 0 Å². The molecule has 2 aromatic rings. The van der Waals surface area contributed by atoms with E-state index in [2.05, 4.69) is 0 Å². The Kier molecular flexibility index (Phi) is 3.56. The number of hydrogen-bond acceptors (Lipinski definition) is 3. The predicted octanol–water partition coefficient (Wildman–Crippen LogP) is 3.11. The topological polar surface area (TPSA) is 54.5 Å². The molecule has 2 aromatic carbocycles. The summed E-state index contributed by atoms with van der Waals surface area (Å²) in [7, 11) is -3.35. The molecule has 0 aliphatic carbocycles. The summed E-state index contributed by atoms with van der Waals surface area (Å²) in [6.45, 7) is 0. The summed E-state index contributed by atoms with van der Waals surface area (Å²) in [4.78, 5) is 24.7. The van der Waals surface area contributed by atoms with Crippen LogP contribution in [0.25, 0.3) is 0 Å². The second-order valence-electron chi connectivity index (χ2n) is 4.67. The molecule has 2 amide bonds. The molecule has 0 bridgehead atoms. The van der Waals surface area contributed by atoms with Gasteiger partial charge in [-0.25, -0.2) is 9.11 Å². The maximum Gasteiger partial charge on any atom is 0.475 e. The lowest BCUT2D eigenvalue weighted by molar-refractivity contribution is -0.0384. The molecule has 23 heavy (non-hydrogen) atoms. The molecule has 0 N–H and O–H groups in total. The van der Waals surface area contributed by atoms with Gasteiger partial charge in [-0.15, -0.1) is 0 Å². The monoisotopic (exact) mass is 339 g/mol. The van der Waals surface area contributed by atoms with Crippen molar-refractivity contribution in [3.05, 3.63) is 59.7 Å². The fourth-order valence-electron chi connectivity index (χ4n) is 2.33. The van der Waals surface area contributed by atoms with E-state index in [0.717, 1.165) is 6.07 Å². The van der Waals surface area contributed by atoms with Gasteiger partial charge in [0.2, 0.25) is 0 Å². The van der Waals surface area contributed by atoms with Crippen LogP contribution >= 0.6 is 0 Å². The molecule has 3 rings (SSSR count). The Hall–Kier alpha value is -2.48. The highest BCUT2D eigenvalue weighted by Crippen LogP contribution is 2.36. The van der Waals surface area contributed by atoms with Crippen LogP contribution in [-0.4, -0.2) is 21.5 Å². The van der Waals surface area contributed by atoms with Crippen LogP contribution in [0.2, 0.25) is 0 Å². The van der Waals surface area contributed by atoms with Crippen LogP contribution in [0.3, 0.4) is 0 Å². The number of rotatable bonds is 2. The summed E-state index contributed by atoms with van der Waals surface area (Å²) in [5, 5.41) is 0. The first-order valence-corrected chi connectivity index (χ1v) is 7.53. The first-order chi connectivity index (χ1) is 10.8. The smallest absolute Gasteiger partial charge is 0.268 e. The molecule has 0 saturated heterocycles. The second kappa shape index (κ2) is 5.31. The normalized spacial score (nSPS) is 15.7. The lowest BCUT2D eigenvalue weighted by atomic mass is 10.1. The number of imide groups is 1. The number of hydrogen-bond donors (Lipinski definition) is 0. The maximum atomic E-state index is 12.8. The number of anilines is 1. The zero-order chi connectivity index (χ0) is 16.8. The number of carbonyl (C=O) groups excluding carboxylic acids is 2. The maximum absolute atomic E-state index is 12.8. The van der Waals surface area contributed by atoms with Crippen molar-refractivity contribution >= 4 is 28.3 Å². The standard InChI is InChI=1S/C15H8F3NO3S/c16-15(17,18)23(22)12-8-4-3-7-11(12)19-13(20)9-5-1-2-6-10(9)14(19)21/h1-8H/t23-/m0/s1. The van der Waals surface area contributed by atoms with Crippen LogP contribution in [0.1, 0.15) is 20.7 Å². The third-order valence-corrected chi connectivity index (χ3v) is 4.48. The summed E-state index contributed by atoms with van der Waals surface area (Å²) in [6, 6.07) is 10.7. The minimum absolute atomic E-state index is 0.102. The molecule has 0 fully saturated rings. The van der Waals surface area contributed by atoms with E-state index in [9.17, 15) is 27.0 Å². The Bertz CT molecular complexity index is 813. The lowest BCUT2D eigenvalue weighted by Crippen LogP contribution is -2.31. The van der Waals surface area contributed by atoms with Crippen molar-refractivity contribution in [2.75, 3.05) is 4.90 Å². The third-order valence-electron chi connectivity index (χ3n) is 3.31. The fourth-order valence-corrected chi connectivity index (χ4v) is 3.13. The molecule has 0 unspecified atom stereocenters. The van der Waals surface area contributed by atoms with Crippen molar-refractivity contribution in [3.63, 3.8) is 0 Å². The predicted molar refractivity (Wildman–Crippen MR) is 76.5 cm³/mol. The molecule has 1 heterocycles. The lowest BCUT2D eigenvalue weighted by Gasteiger charge is -2.18. The van der Waals surface area contributed by atoms with Gasteiger partial charge in [-0.2, -0.15) is 13.2 Å². The van der Waals surface area contributed by atoms with Gasteiger partial charge in [0, 0.05) is 0 Å². The van der Waals surface area contributed by atoms with E-state index in [0.29, 0.717) is 4.90 Å². The summed E-state index contributed by atoms with van der Waals surface area (Å²) >= 11 is 0. The number of benzene rings is 2. The van der Waals surface area contributed by atoms with Gasteiger partial charge in [-0.05, 0) is 24.3 Å².